The second-order valence-corrected chi connectivity index (χ2v) is 13.5. The lowest BCUT2D eigenvalue weighted by Crippen LogP contribution is -2.35. The van der Waals surface area contributed by atoms with E-state index < -0.39 is 53.5 Å². The molecule has 0 saturated heterocycles. The Hall–Kier alpha value is -6.01. The highest BCUT2D eigenvalue weighted by atomic mass is 16.5. The van der Waals surface area contributed by atoms with Gasteiger partial charge in [0, 0.05) is 49.8 Å². The van der Waals surface area contributed by atoms with E-state index in [0.717, 1.165) is 10.8 Å². The number of hydrogen-bond acceptors (Lipinski definition) is 15. The fraction of sp³-hybridized carbons (Fsp3) is 0.439. The second kappa shape index (κ2) is 25.5. The van der Waals surface area contributed by atoms with Crippen LogP contribution >= 0.6 is 0 Å². The van der Waals surface area contributed by atoms with Crippen LogP contribution in [0.5, 0.6) is 0 Å². The van der Waals surface area contributed by atoms with Gasteiger partial charge >= 0.3 is 17.6 Å². The standard InChI is InChI=1S/C41H53N7O12/c1-26(43)31-9-3-4-10-32(31)40(55)60-30(14-17-49)23-37(52)48-24-28(38(53)47-41(48)56)8-7-16-45-35(50)11-5-6-18-59-39(54)33-13-12-29(22-34(33)27(2)44)46-36(51)25-58-21-20-57-19-15-42/h3-4,9-10,12-13,17,22,24,26-27,30,37,52H,5-6,11,14-16,18-21,23,25,42-44H2,1-2H3,(H,45,50)(H,46,51)(H,47,53,56)/t26?,27?,30-,37+/m0/s1. The second-order valence-electron chi connectivity index (χ2n) is 13.5. The number of aliphatic hydroxyl groups excluding tert-OH is 1. The lowest BCUT2D eigenvalue weighted by atomic mass is 10.0. The highest BCUT2D eigenvalue weighted by molar-refractivity contribution is 5.95. The van der Waals surface area contributed by atoms with Gasteiger partial charge in [0.2, 0.25) is 11.8 Å². The summed E-state index contributed by atoms with van der Waals surface area (Å²) in [5.74, 6) is 3.04. The number of H-pyrrole nitrogens is 1. The van der Waals surface area contributed by atoms with Gasteiger partial charge in [0.15, 0.2) is 0 Å². The number of unbranched alkanes of at least 4 members (excludes halogenated alkanes) is 1. The van der Waals surface area contributed by atoms with Gasteiger partial charge in [0.1, 0.15) is 30.8 Å². The summed E-state index contributed by atoms with van der Waals surface area (Å²) in [4.78, 5) is 88.8. The molecule has 1 heterocycles. The molecule has 0 radical (unpaired) electrons. The number of carbonyl (C=O) groups excluding carboxylic acids is 5. The van der Waals surface area contributed by atoms with Crippen molar-refractivity contribution in [3.8, 4) is 11.8 Å². The van der Waals surface area contributed by atoms with Gasteiger partial charge in [-0.05, 0) is 62.1 Å². The Bertz CT molecular complexity index is 2110. The van der Waals surface area contributed by atoms with Gasteiger partial charge in [-0.15, -0.1) is 0 Å². The smallest absolute Gasteiger partial charge is 0.338 e. The quantitative estimate of drug-likeness (QED) is 0.0283. The van der Waals surface area contributed by atoms with Crippen LogP contribution in [0.15, 0.2) is 58.3 Å². The molecule has 60 heavy (non-hydrogen) atoms. The van der Waals surface area contributed by atoms with E-state index >= 15 is 0 Å². The molecule has 4 atom stereocenters. The van der Waals surface area contributed by atoms with Crippen LogP contribution in [0.3, 0.4) is 0 Å². The number of nitrogens with one attached hydrogen (secondary N) is 3. The van der Waals surface area contributed by atoms with Gasteiger partial charge in [-0.2, -0.15) is 0 Å². The van der Waals surface area contributed by atoms with Crippen LogP contribution in [0, 0.1) is 11.8 Å². The molecule has 0 aliphatic heterocycles. The van der Waals surface area contributed by atoms with E-state index in [1.807, 2.05) is 0 Å². The largest absolute Gasteiger partial charge is 0.462 e. The zero-order chi connectivity index (χ0) is 44.0. The Balaban J connectivity index is 1.46. The first-order valence-corrected chi connectivity index (χ1v) is 19.3. The number of carbonyl (C=O) groups is 5. The highest BCUT2D eigenvalue weighted by Gasteiger charge is 2.24. The number of anilines is 1. The van der Waals surface area contributed by atoms with E-state index in [9.17, 15) is 38.7 Å². The molecule has 2 aromatic carbocycles. The molecule has 2 unspecified atom stereocenters. The van der Waals surface area contributed by atoms with Crippen molar-refractivity contribution in [2.45, 2.75) is 70.4 Å². The minimum atomic E-state index is -1.62. The molecule has 3 rings (SSSR count). The van der Waals surface area contributed by atoms with Gasteiger partial charge in [-0.3, -0.25) is 23.9 Å². The number of nitrogens with zero attached hydrogens (tertiary/aromatic N) is 1. The molecule has 10 N–H and O–H groups in total. The Kier molecular flexibility index (Phi) is 20.5. The fourth-order valence-electron chi connectivity index (χ4n) is 5.61. The van der Waals surface area contributed by atoms with Crippen LogP contribution in [0.25, 0.3) is 0 Å². The number of aldehydes is 1. The molecular weight excluding hydrogens is 782 g/mol. The zero-order valence-electron chi connectivity index (χ0n) is 33.6. The summed E-state index contributed by atoms with van der Waals surface area (Å²) in [7, 11) is 0. The molecule has 0 fully saturated rings. The van der Waals surface area contributed by atoms with Crippen LogP contribution in [-0.4, -0.2) is 96.9 Å². The summed E-state index contributed by atoms with van der Waals surface area (Å²) >= 11 is 0. The molecule has 2 amide bonds. The maximum atomic E-state index is 12.9. The number of nitrogens with two attached hydrogens (primary N) is 3. The summed E-state index contributed by atoms with van der Waals surface area (Å²) in [6.07, 6.45) is -1.03. The van der Waals surface area contributed by atoms with Crippen molar-refractivity contribution in [1.82, 2.24) is 14.9 Å². The van der Waals surface area contributed by atoms with E-state index in [-0.39, 0.29) is 68.2 Å². The first-order chi connectivity index (χ1) is 28.7. The van der Waals surface area contributed by atoms with Crippen molar-refractivity contribution in [1.29, 1.82) is 0 Å². The van der Waals surface area contributed by atoms with Gasteiger partial charge in [0.25, 0.3) is 5.56 Å². The third-order valence-corrected chi connectivity index (χ3v) is 8.61. The normalized spacial score (nSPS) is 12.8. The number of esters is 2. The SMILES string of the molecule is CC(N)c1cc(NC(=O)COCCOCCN)ccc1C(=O)OCCCCC(=O)NCC#Cc1cn([C@H](O)C[C@H](CC=O)OC(=O)c2ccccc2C(C)N)c(=O)[nH]c1=O. The molecule has 0 bridgehead atoms. The van der Waals surface area contributed by atoms with Gasteiger partial charge in [-0.25, -0.2) is 14.4 Å². The number of benzene rings is 2. The van der Waals surface area contributed by atoms with Gasteiger partial charge in [0.05, 0.1) is 44.1 Å². The predicted molar refractivity (Wildman–Crippen MR) is 219 cm³/mol. The van der Waals surface area contributed by atoms with E-state index in [4.69, 9.17) is 36.1 Å². The first-order valence-electron chi connectivity index (χ1n) is 19.3. The molecule has 0 spiro atoms. The molecule has 0 aliphatic carbocycles. The predicted octanol–water partition coefficient (Wildman–Crippen LogP) is 0.697. The Morgan fingerprint density at radius 1 is 0.917 bits per heavy atom. The van der Waals surface area contributed by atoms with E-state index in [2.05, 4.69) is 27.5 Å². The first kappa shape index (κ1) is 48.4. The van der Waals surface area contributed by atoms with E-state index in [0.29, 0.717) is 55.7 Å². The summed E-state index contributed by atoms with van der Waals surface area (Å²) in [5, 5.41) is 16.1. The minimum absolute atomic E-state index is 0.0271. The molecule has 3 aromatic rings. The van der Waals surface area contributed by atoms with Gasteiger partial charge < -0.3 is 56.7 Å². The van der Waals surface area contributed by atoms with Gasteiger partial charge in [-0.1, -0.05) is 30.0 Å². The molecule has 324 valence electrons. The number of hydrogen-bond donors (Lipinski definition) is 7. The van der Waals surface area contributed by atoms with Crippen molar-refractivity contribution in [3.63, 3.8) is 0 Å². The number of amides is 2. The Labute approximate surface area is 346 Å². The number of rotatable bonds is 24. The van der Waals surface area contributed by atoms with Crippen LogP contribution in [0.2, 0.25) is 0 Å². The number of aliphatic hydroxyl groups is 1. The topological polar surface area (TPSA) is 299 Å². The molecular formula is C41H53N7O12. The van der Waals surface area contributed by atoms with Crippen LogP contribution in [-0.2, 0) is 33.3 Å². The maximum Gasteiger partial charge on any atom is 0.338 e. The lowest BCUT2D eigenvalue weighted by Gasteiger charge is -2.21. The number of ether oxygens (including phenoxy) is 4. The maximum absolute atomic E-state index is 12.9. The molecule has 0 aliphatic rings. The third-order valence-electron chi connectivity index (χ3n) is 8.61. The average Bonchev–Trinajstić information content (AvgIpc) is 3.21. The van der Waals surface area contributed by atoms with E-state index in [1.165, 1.54) is 12.1 Å². The Morgan fingerprint density at radius 2 is 1.63 bits per heavy atom. The van der Waals surface area contributed by atoms with Crippen LogP contribution < -0.4 is 39.1 Å². The molecule has 0 saturated carbocycles. The molecule has 19 heteroatoms. The minimum Gasteiger partial charge on any atom is -0.462 e. The third kappa shape index (κ3) is 16.0. The number of aromatic nitrogens is 2. The van der Waals surface area contributed by atoms with E-state index in [1.54, 1.807) is 44.2 Å². The van der Waals surface area contributed by atoms with Crippen LogP contribution in [0.1, 0.15) is 102 Å². The highest BCUT2D eigenvalue weighted by Crippen LogP contribution is 2.23. The van der Waals surface area contributed by atoms with Crippen molar-refractivity contribution in [2.75, 3.05) is 51.4 Å². The zero-order valence-corrected chi connectivity index (χ0v) is 33.6. The summed E-state index contributed by atoms with van der Waals surface area (Å²) in [6, 6.07) is 10.1. The van der Waals surface area contributed by atoms with Crippen molar-refractivity contribution in [3.05, 3.63) is 97.3 Å². The summed E-state index contributed by atoms with van der Waals surface area (Å²) in [6.45, 7) is 4.40. The fourth-order valence-corrected chi connectivity index (χ4v) is 5.61. The average molecular weight is 836 g/mol. The van der Waals surface area contributed by atoms with Crippen molar-refractivity contribution in [2.24, 2.45) is 17.2 Å². The summed E-state index contributed by atoms with van der Waals surface area (Å²) in [5.41, 5.74) is 17.2. The Morgan fingerprint density at radius 3 is 2.35 bits per heavy atom. The summed E-state index contributed by atoms with van der Waals surface area (Å²) < 4.78 is 22.1. The van der Waals surface area contributed by atoms with Crippen LogP contribution in [0.4, 0.5) is 5.69 Å². The lowest BCUT2D eigenvalue weighted by molar-refractivity contribution is -0.121. The molecule has 19 nitrogen and oxygen atoms in total. The van der Waals surface area contributed by atoms with Crippen molar-refractivity contribution < 1.29 is 48.0 Å². The molecule has 1 aromatic heterocycles. The number of aromatic amines is 1. The monoisotopic (exact) mass is 835 g/mol. The van der Waals surface area contributed by atoms with Crippen molar-refractivity contribution >= 4 is 35.7 Å².